The summed E-state index contributed by atoms with van der Waals surface area (Å²) in [5, 5.41) is 0. The molecule has 2 aromatic rings. The van der Waals surface area contributed by atoms with Crippen molar-refractivity contribution in [2.75, 3.05) is 12.6 Å². The number of imidazole rings is 1. The first-order valence-electron chi connectivity index (χ1n) is 4.17. The fraction of sp³-hybridized carbons (Fsp3) is 0.375. The average molecular weight is 193 g/mol. The third-order valence-electron chi connectivity index (χ3n) is 1.87. The average Bonchev–Trinajstić information content (AvgIpc) is 2.49. The zero-order valence-corrected chi connectivity index (χ0v) is 8.27. The molecule has 2 aromatic heterocycles. The summed E-state index contributed by atoms with van der Waals surface area (Å²) >= 11 is 0. The lowest BCUT2D eigenvalue weighted by atomic mass is 10.5. The van der Waals surface area contributed by atoms with Crippen molar-refractivity contribution < 1.29 is 4.84 Å². The third-order valence-corrected chi connectivity index (χ3v) is 1.87. The summed E-state index contributed by atoms with van der Waals surface area (Å²) in [6.07, 6.45) is 1.69. The van der Waals surface area contributed by atoms with E-state index in [-0.39, 0.29) is 0 Å². The molecule has 0 spiro atoms. The topological polar surface area (TPSA) is 64.9 Å². The summed E-state index contributed by atoms with van der Waals surface area (Å²) < 4.78 is 1.84. The highest BCUT2D eigenvalue weighted by Crippen LogP contribution is 2.17. The van der Waals surface area contributed by atoms with E-state index in [1.807, 2.05) is 18.5 Å². The first-order chi connectivity index (χ1) is 6.72. The Bertz CT molecular complexity index is 464. The van der Waals surface area contributed by atoms with Gasteiger partial charge in [0.1, 0.15) is 5.82 Å². The molecular weight excluding hydrogens is 182 g/mol. The highest BCUT2D eigenvalue weighted by atomic mass is 16.6. The molecule has 0 aliphatic heterocycles. The van der Waals surface area contributed by atoms with Crippen LogP contribution in [-0.4, -0.2) is 26.6 Å². The molecule has 0 unspecified atom stereocenters. The molecule has 0 amide bonds. The lowest BCUT2D eigenvalue weighted by Crippen LogP contribution is -2.02. The maximum atomic E-state index is 4.81. The van der Waals surface area contributed by atoms with Crippen LogP contribution in [0.3, 0.4) is 0 Å². The van der Waals surface area contributed by atoms with E-state index in [9.17, 15) is 0 Å². The molecule has 0 saturated carbocycles. The Morgan fingerprint density at radius 3 is 2.93 bits per heavy atom. The van der Waals surface area contributed by atoms with Gasteiger partial charge < -0.3 is 4.57 Å². The van der Waals surface area contributed by atoms with Gasteiger partial charge in [-0.15, -0.1) is 0 Å². The molecule has 0 bridgehead atoms. The second-order valence-corrected chi connectivity index (χ2v) is 2.95. The van der Waals surface area contributed by atoms with E-state index in [1.54, 1.807) is 6.33 Å². The summed E-state index contributed by atoms with van der Waals surface area (Å²) in [5.74, 6) is 1.27. The Morgan fingerprint density at radius 2 is 2.21 bits per heavy atom. The zero-order valence-electron chi connectivity index (χ0n) is 8.27. The number of nitrogens with one attached hydrogen (secondary N) is 1. The fourth-order valence-corrected chi connectivity index (χ4v) is 1.28. The first kappa shape index (κ1) is 8.89. The van der Waals surface area contributed by atoms with Crippen LogP contribution in [0.4, 0.5) is 5.82 Å². The number of aryl methyl sites for hydroxylation is 2. The van der Waals surface area contributed by atoms with Crippen LogP contribution in [0.15, 0.2) is 6.33 Å². The number of rotatable bonds is 2. The first-order valence-corrected chi connectivity index (χ1v) is 4.17. The molecule has 2 rings (SSSR count). The van der Waals surface area contributed by atoms with Crippen LogP contribution in [0.1, 0.15) is 5.82 Å². The van der Waals surface area contributed by atoms with Crippen LogP contribution in [0.5, 0.6) is 0 Å². The smallest absolute Gasteiger partial charge is 0.181 e. The minimum Gasteiger partial charge on any atom is -0.318 e. The molecule has 0 fully saturated rings. The minimum absolute atomic E-state index is 0.593. The maximum Gasteiger partial charge on any atom is 0.181 e. The highest BCUT2D eigenvalue weighted by molar-refractivity contribution is 5.82. The van der Waals surface area contributed by atoms with Crippen molar-refractivity contribution >= 4 is 17.0 Å². The van der Waals surface area contributed by atoms with Crippen molar-refractivity contribution in [3.05, 3.63) is 12.2 Å². The lowest BCUT2D eigenvalue weighted by Gasteiger charge is -2.03. The summed E-state index contributed by atoms with van der Waals surface area (Å²) in [5.41, 5.74) is 4.17. The normalized spacial score (nSPS) is 10.8. The second-order valence-electron chi connectivity index (χ2n) is 2.95. The summed E-state index contributed by atoms with van der Waals surface area (Å²) in [6, 6.07) is 0. The van der Waals surface area contributed by atoms with Crippen LogP contribution < -0.4 is 5.48 Å². The van der Waals surface area contributed by atoms with Crippen LogP contribution in [0.2, 0.25) is 0 Å². The zero-order chi connectivity index (χ0) is 10.1. The van der Waals surface area contributed by atoms with Crippen molar-refractivity contribution in [2.45, 2.75) is 6.92 Å². The molecule has 0 aliphatic rings. The van der Waals surface area contributed by atoms with Crippen molar-refractivity contribution in [1.29, 1.82) is 0 Å². The predicted molar refractivity (Wildman–Crippen MR) is 51.7 cm³/mol. The molecule has 0 saturated heterocycles. The molecule has 6 nitrogen and oxygen atoms in total. The minimum atomic E-state index is 0.593. The van der Waals surface area contributed by atoms with E-state index in [2.05, 4.69) is 20.4 Å². The molecule has 6 heteroatoms. The van der Waals surface area contributed by atoms with Gasteiger partial charge in [0.15, 0.2) is 17.0 Å². The number of aromatic nitrogens is 4. The molecule has 74 valence electrons. The Kier molecular flexibility index (Phi) is 2.05. The predicted octanol–water partition coefficient (Wildman–Crippen LogP) is 0.645. The van der Waals surface area contributed by atoms with Crippen molar-refractivity contribution in [3.8, 4) is 0 Å². The van der Waals surface area contributed by atoms with Gasteiger partial charge in [0, 0.05) is 7.05 Å². The van der Waals surface area contributed by atoms with Gasteiger partial charge in [0.2, 0.25) is 0 Å². The van der Waals surface area contributed by atoms with Gasteiger partial charge in [-0.25, -0.2) is 20.4 Å². The van der Waals surface area contributed by atoms with E-state index in [0.29, 0.717) is 17.2 Å². The summed E-state index contributed by atoms with van der Waals surface area (Å²) in [6.45, 7) is 1.83. The maximum absolute atomic E-state index is 4.81. The van der Waals surface area contributed by atoms with Crippen LogP contribution >= 0.6 is 0 Å². The van der Waals surface area contributed by atoms with Crippen LogP contribution in [-0.2, 0) is 11.9 Å². The second kappa shape index (κ2) is 3.22. The number of anilines is 1. The Labute approximate surface area is 80.9 Å². The van der Waals surface area contributed by atoms with E-state index >= 15 is 0 Å². The van der Waals surface area contributed by atoms with Gasteiger partial charge in [0.05, 0.1) is 13.4 Å². The largest absolute Gasteiger partial charge is 0.318 e. The van der Waals surface area contributed by atoms with Gasteiger partial charge in [-0.05, 0) is 6.92 Å². The van der Waals surface area contributed by atoms with Crippen molar-refractivity contribution in [2.24, 2.45) is 7.05 Å². The van der Waals surface area contributed by atoms with Crippen molar-refractivity contribution in [3.63, 3.8) is 0 Å². The van der Waals surface area contributed by atoms with Crippen LogP contribution in [0.25, 0.3) is 11.2 Å². The number of hydrogen-bond acceptors (Lipinski definition) is 5. The third kappa shape index (κ3) is 1.29. The monoisotopic (exact) mass is 193 g/mol. The van der Waals surface area contributed by atoms with Gasteiger partial charge in [-0.2, -0.15) is 0 Å². The molecule has 1 N–H and O–H groups in total. The Balaban J connectivity index is 2.68. The molecular formula is C8H11N5O. The SMILES string of the molecule is CONc1nc(C)nc2c1ncn2C. The molecule has 0 aromatic carbocycles. The molecule has 14 heavy (non-hydrogen) atoms. The van der Waals surface area contributed by atoms with Gasteiger partial charge in [0.25, 0.3) is 0 Å². The molecule has 0 atom stereocenters. The van der Waals surface area contributed by atoms with E-state index < -0.39 is 0 Å². The van der Waals surface area contributed by atoms with Crippen LogP contribution in [0, 0.1) is 6.92 Å². The fourth-order valence-electron chi connectivity index (χ4n) is 1.28. The Hall–Kier alpha value is -1.69. The molecule has 2 heterocycles. The van der Waals surface area contributed by atoms with Gasteiger partial charge in [-0.1, -0.05) is 0 Å². The Morgan fingerprint density at radius 1 is 1.43 bits per heavy atom. The molecule has 0 radical (unpaired) electrons. The van der Waals surface area contributed by atoms with E-state index in [1.165, 1.54) is 7.11 Å². The quantitative estimate of drug-likeness (QED) is 0.709. The standard InChI is InChI=1S/C8H11N5O/c1-5-10-7(12-14-3)6-8(11-5)13(2)4-9-6/h4H,1-3H3,(H,10,11,12). The van der Waals surface area contributed by atoms with E-state index in [4.69, 9.17) is 4.84 Å². The van der Waals surface area contributed by atoms with E-state index in [0.717, 1.165) is 5.65 Å². The lowest BCUT2D eigenvalue weighted by molar-refractivity contribution is 0.269. The van der Waals surface area contributed by atoms with Gasteiger partial charge in [-0.3, -0.25) is 4.84 Å². The van der Waals surface area contributed by atoms with Crippen molar-refractivity contribution in [1.82, 2.24) is 19.5 Å². The summed E-state index contributed by atoms with van der Waals surface area (Å²) in [7, 11) is 3.42. The summed E-state index contributed by atoms with van der Waals surface area (Å²) in [4.78, 5) is 17.4. The number of nitrogens with zero attached hydrogens (tertiary/aromatic N) is 4. The van der Waals surface area contributed by atoms with Gasteiger partial charge >= 0.3 is 0 Å². The number of hydrogen-bond donors (Lipinski definition) is 1. The number of fused-ring (bicyclic) bond motifs is 1. The molecule has 0 aliphatic carbocycles. The highest BCUT2D eigenvalue weighted by Gasteiger charge is 2.09.